The molecule has 0 heterocycles. The lowest BCUT2D eigenvalue weighted by atomic mass is 9.82. The molecule has 0 saturated heterocycles. The SMILES string of the molecule is CCC1CC=C(C(C)CCCOc2ccccc2)CC1. The Balaban J connectivity index is 1.65. The quantitative estimate of drug-likeness (QED) is 0.462. The Hall–Kier alpha value is -1.24. The van der Waals surface area contributed by atoms with Crippen molar-refractivity contribution in [1.82, 2.24) is 0 Å². The summed E-state index contributed by atoms with van der Waals surface area (Å²) in [5, 5.41) is 0. The molecule has 0 fully saturated rings. The molecule has 2 atom stereocenters. The molecule has 1 aliphatic rings. The summed E-state index contributed by atoms with van der Waals surface area (Å²) in [5.41, 5.74) is 1.69. The molecular weight excluding hydrogens is 244 g/mol. The Morgan fingerprint density at radius 2 is 2.05 bits per heavy atom. The van der Waals surface area contributed by atoms with Crippen molar-refractivity contribution in [2.45, 2.75) is 52.4 Å². The predicted molar refractivity (Wildman–Crippen MR) is 86.1 cm³/mol. The van der Waals surface area contributed by atoms with Gasteiger partial charge >= 0.3 is 0 Å². The zero-order chi connectivity index (χ0) is 14.2. The third-order valence-electron chi connectivity index (χ3n) is 4.56. The number of para-hydroxylation sites is 1. The third kappa shape index (κ3) is 4.70. The summed E-state index contributed by atoms with van der Waals surface area (Å²) >= 11 is 0. The first-order valence-corrected chi connectivity index (χ1v) is 8.16. The minimum Gasteiger partial charge on any atom is -0.494 e. The maximum Gasteiger partial charge on any atom is 0.119 e. The fraction of sp³-hybridized carbons (Fsp3) is 0.579. The second-order valence-corrected chi connectivity index (χ2v) is 6.03. The van der Waals surface area contributed by atoms with Crippen LogP contribution < -0.4 is 4.74 Å². The van der Waals surface area contributed by atoms with Gasteiger partial charge in [-0.15, -0.1) is 0 Å². The van der Waals surface area contributed by atoms with E-state index in [0.29, 0.717) is 0 Å². The largest absolute Gasteiger partial charge is 0.494 e. The van der Waals surface area contributed by atoms with Crippen molar-refractivity contribution in [2.24, 2.45) is 11.8 Å². The van der Waals surface area contributed by atoms with Crippen LogP contribution in [0.15, 0.2) is 42.0 Å². The topological polar surface area (TPSA) is 9.23 Å². The molecule has 1 aromatic rings. The van der Waals surface area contributed by atoms with Gasteiger partial charge in [-0.25, -0.2) is 0 Å². The van der Waals surface area contributed by atoms with Crippen molar-refractivity contribution < 1.29 is 4.74 Å². The number of hydrogen-bond acceptors (Lipinski definition) is 1. The second-order valence-electron chi connectivity index (χ2n) is 6.03. The van der Waals surface area contributed by atoms with Crippen molar-refractivity contribution in [2.75, 3.05) is 6.61 Å². The number of ether oxygens (including phenoxy) is 1. The monoisotopic (exact) mass is 272 g/mol. The fourth-order valence-corrected chi connectivity index (χ4v) is 3.01. The zero-order valence-electron chi connectivity index (χ0n) is 13.0. The maximum atomic E-state index is 5.76. The lowest BCUT2D eigenvalue weighted by Gasteiger charge is -2.24. The van der Waals surface area contributed by atoms with Crippen LogP contribution in [0.25, 0.3) is 0 Å². The highest BCUT2D eigenvalue weighted by atomic mass is 16.5. The number of benzene rings is 1. The minimum atomic E-state index is 0.729. The Morgan fingerprint density at radius 1 is 1.25 bits per heavy atom. The summed E-state index contributed by atoms with van der Waals surface area (Å²) in [6.07, 6.45) is 10.3. The van der Waals surface area contributed by atoms with Gasteiger partial charge in [0.25, 0.3) is 0 Å². The molecule has 2 rings (SSSR count). The first-order valence-electron chi connectivity index (χ1n) is 8.16. The van der Waals surface area contributed by atoms with E-state index in [4.69, 9.17) is 4.74 Å². The van der Waals surface area contributed by atoms with Crippen LogP contribution in [-0.2, 0) is 0 Å². The van der Waals surface area contributed by atoms with Crippen LogP contribution in [0.1, 0.15) is 52.4 Å². The van der Waals surface area contributed by atoms with Gasteiger partial charge in [-0.2, -0.15) is 0 Å². The Morgan fingerprint density at radius 3 is 2.70 bits per heavy atom. The van der Waals surface area contributed by atoms with Crippen molar-refractivity contribution in [1.29, 1.82) is 0 Å². The van der Waals surface area contributed by atoms with E-state index in [2.05, 4.69) is 19.9 Å². The highest BCUT2D eigenvalue weighted by Crippen LogP contribution is 2.31. The van der Waals surface area contributed by atoms with Gasteiger partial charge in [-0.1, -0.05) is 50.1 Å². The van der Waals surface area contributed by atoms with Gasteiger partial charge in [0.2, 0.25) is 0 Å². The summed E-state index contributed by atoms with van der Waals surface area (Å²) in [7, 11) is 0. The lowest BCUT2D eigenvalue weighted by Crippen LogP contribution is -2.10. The third-order valence-corrected chi connectivity index (χ3v) is 4.56. The molecule has 1 heteroatoms. The van der Waals surface area contributed by atoms with E-state index in [-0.39, 0.29) is 0 Å². The normalized spacial score (nSPS) is 20.3. The Labute approximate surface area is 124 Å². The van der Waals surface area contributed by atoms with E-state index >= 15 is 0 Å². The van der Waals surface area contributed by atoms with Gasteiger partial charge in [-0.05, 0) is 56.1 Å². The average Bonchev–Trinajstić information content (AvgIpc) is 2.52. The standard InChI is InChI=1S/C19H28O/c1-3-17-11-13-18(14-12-17)16(2)8-7-15-20-19-9-5-4-6-10-19/h4-6,9-10,13,16-17H,3,7-8,11-12,14-15H2,1-2H3. The smallest absolute Gasteiger partial charge is 0.119 e. The van der Waals surface area contributed by atoms with E-state index < -0.39 is 0 Å². The lowest BCUT2D eigenvalue weighted by molar-refractivity contribution is 0.297. The number of rotatable bonds is 7. The van der Waals surface area contributed by atoms with Crippen LogP contribution >= 0.6 is 0 Å². The molecule has 110 valence electrons. The van der Waals surface area contributed by atoms with E-state index in [1.807, 2.05) is 30.3 Å². The number of hydrogen-bond donors (Lipinski definition) is 0. The van der Waals surface area contributed by atoms with E-state index in [9.17, 15) is 0 Å². The molecule has 0 aliphatic heterocycles. The van der Waals surface area contributed by atoms with E-state index in [0.717, 1.165) is 30.6 Å². The molecular formula is C19H28O. The molecule has 0 amide bonds. The maximum absolute atomic E-state index is 5.76. The highest BCUT2D eigenvalue weighted by Gasteiger charge is 2.16. The van der Waals surface area contributed by atoms with E-state index in [1.165, 1.54) is 32.1 Å². The Kier molecular flexibility index (Phi) is 6.17. The van der Waals surface area contributed by atoms with Gasteiger partial charge in [0, 0.05) is 0 Å². The van der Waals surface area contributed by atoms with Crippen LogP contribution in [0, 0.1) is 11.8 Å². The first-order chi connectivity index (χ1) is 9.79. The van der Waals surface area contributed by atoms with E-state index in [1.54, 1.807) is 5.57 Å². The molecule has 0 spiro atoms. The van der Waals surface area contributed by atoms with Crippen LogP contribution in [0.2, 0.25) is 0 Å². The Bertz CT molecular complexity index is 407. The molecule has 0 aromatic heterocycles. The van der Waals surface area contributed by atoms with Gasteiger partial charge in [0.05, 0.1) is 6.61 Å². The molecule has 1 aromatic carbocycles. The number of allylic oxidation sites excluding steroid dienone is 2. The first kappa shape index (κ1) is 15.2. The zero-order valence-corrected chi connectivity index (χ0v) is 13.0. The second kappa shape index (κ2) is 8.14. The highest BCUT2D eigenvalue weighted by molar-refractivity contribution is 5.20. The van der Waals surface area contributed by atoms with Gasteiger partial charge < -0.3 is 4.74 Å². The van der Waals surface area contributed by atoms with Crippen LogP contribution in [0.4, 0.5) is 0 Å². The molecule has 2 unspecified atom stereocenters. The van der Waals surface area contributed by atoms with Gasteiger partial charge in [0.15, 0.2) is 0 Å². The molecule has 1 nitrogen and oxygen atoms in total. The fourth-order valence-electron chi connectivity index (χ4n) is 3.01. The van der Waals surface area contributed by atoms with Gasteiger partial charge in [-0.3, -0.25) is 0 Å². The van der Waals surface area contributed by atoms with Crippen molar-refractivity contribution in [3.8, 4) is 5.75 Å². The summed E-state index contributed by atoms with van der Waals surface area (Å²) in [6, 6.07) is 10.1. The summed E-state index contributed by atoms with van der Waals surface area (Å²) in [6.45, 7) is 5.52. The molecule has 20 heavy (non-hydrogen) atoms. The van der Waals surface area contributed by atoms with Gasteiger partial charge in [0.1, 0.15) is 5.75 Å². The van der Waals surface area contributed by atoms with Crippen molar-refractivity contribution in [3.63, 3.8) is 0 Å². The van der Waals surface area contributed by atoms with Crippen molar-refractivity contribution in [3.05, 3.63) is 42.0 Å². The average molecular weight is 272 g/mol. The predicted octanol–water partition coefficient (Wildman–Crippen LogP) is 5.62. The van der Waals surface area contributed by atoms with Crippen LogP contribution in [-0.4, -0.2) is 6.61 Å². The van der Waals surface area contributed by atoms with Crippen LogP contribution in [0.5, 0.6) is 5.75 Å². The molecule has 1 aliphatic carbocycles. The summed E-state index contributed by atoms with van der Waals surface area (Å²) in [5.74, 6) is 2.65. The molecule has 0 saturated carbocycles. The minimum absolute atomic E-state index is 0.729. The van der Waals surface area contributed by atoms with Crippen molar-refractivity contribution >= 4 is 0 Å². The summed E-state index contributed by atoms with van der Waals surface area (Å²) in [4.78, 5) is 0. The molecule has 0 N–H and O–H groups in total. The van der Waals surface area contributed by atoms with Crippen LogP contribution in [0.3, 0.4) is 0 Å². The molecule has 0 bridgehead atoms. The summed E-state index contributed by atoms with van der Waals surface area (Å²) < 4.78 is 5.76. The molecule has 0 radical (unpaired) electrons.